The van der Waals surface area contributed by atoms with E-state index in [9.17, 15) is 4.79 Å². The normalized spacial score (nSPS) is 10.5. The molecule has 106 valence electrons. The van der Waals surface area contributed by atoms with E-state index < -0.39 is 0 Å². The van der Waals surface area contributed by atoms with E-state index >= 15 is 0 Å². The summed E-state index contributed by atoms with van der Waals surface area (Å²) in [5.74, 6) is 0.896. The summed E-state index contributed by atoms with van der Waals surface area (Å²) in [6.45, 7) is 3.98. The number of ether oxygens (including phenoxy) is 1. The lowest BCUT2D eigenvalue weighted by atomic mass is 10.1. The fraction of sp³-hybridized carbons (Fsp3) is 0.500. The number of rotatable bonds is 7. The van der Waals surface area contributed by atoms with Crippen molar-refractivity contribution < 1.29 is 9.53 Å². The summed E-state index contributed by atoms with van der Waals surface area (Å²) >= 11 is 0. The van der Waals surface area contributed by atoms with E-state index in [-0.39, 0.29) is 5.91 Å². The van der Waals surface area contributed by atoms with E-state index in [1.165, 1.54) is 0 Å². The third-order valence-electron chi connectivity index (χ3n) is 2.82. The van der Waals surface area contributed by atoms with Crippen LogP contribution in [0.5, 0.6) is 5.75 Å². The number of nitrogens with one attached hydrogen (secondary N) is 1. The van der Waals surface area contributed by atoms with Crippen molar-refractivity contribution in [1.29, 1.82) is 0 Å². The number of amides is 1. The van der Waals surface area contributed by atoms with Gasteiger partial charge >= 0.3 is 0 Å². The van der Waals surface area contributed by atoms with Crippen molar-refractivity contribution in [2.75, 3.05) is 33.0 Å². The Balaban J connectivity index is 2.64. The zero-order valence-electron chi connectivity index (χ0n) is 11.9. The van der Waals surface area contributed by atoms with Gasteiger partial charge in [-0.2, -0.15) is 0 Å². The van der Waals surface area contributed by atoms with Gasteiger partial charge in [-0.1, -0.05) is 0 Å². The highest BCUT2D eigenvalue weighted by molar-refractivity contribution is 5.75. The fourth-order valence-corrected chi connectivity index (χ4v) is 1.81. The second kappa shape index (κ2) is 7.63. The molecule has 1 amide bonds. The minimum atomic E-state index is 0.0458. The Kier molecular flexibility index (Phi) is 6.15. The summed E-state index contributed by atoms with van der Waals surface area (Å²) in [5.41, 5.74) is 7.57. The van der Waals surface area contributed by atoms with Gasteiger partial charge in [-0.05, 0) is 32.2 Å². The van der Waals surface area contributed by atoms with Gasteiger partial charge in [0.25, 0.3) is 0 Å². The maximum atomic E-state index is 11.2. The van der Waals surface area contributed by atoms with Crippen LogP contribution in [0.1, 0.15) is 18.9 Å². The van der Waals surface area contributed by atoms with Crippen LogP contribution in [0.2, 0.25) is 0 Å². The van der Waals surface area contributed by atoms with Crippen molar-refractivity contribution in [3.05, 3.63) is 23.8 Å². The van der Waals surface area contributed by atoms with Gasteiger partial charge in [-0.3, -0.25) is 4.79 Å². The molecular formula is C14H23N3O2. The lowest BCUT2D eigenvalue weighted by Crippen LogP contribution is -2.26. The van der Waals surface area contributed by atoms with Crippen molar-refractivity contribution >= 4 is 11.6 Å². The van der Waals surface area contributed by atoms with E-state index in [2.05, 4.69) is 10.2 Å². The van der Waals surface area contributed by atoms with Gasteiger partial charge in [0.2, 0.25) is 5.91 Å². The van der Waals surface area contributed by atoms with Gasteiger partial charge in [0.15, 0.2) is 0 Å². The molecule has 0 saturated heterocycles. The molecule has 0 aliphatic carbocycles. The second-order valence-electron chi connectivity index (χ2n) is 4.46. The molecule has 5 nitrogen and oxygen atoms in total. The van der Waals surface area contributed by atoms with Gasteiger partial charge in [-0.25, -0.2) is 0 Å². The number of anilines is 1. The molecule has 0 aliphatic heterocycles. The molecule has 1 rings (SSSR count). The standard InChI is InChI=1S/C14H23N3O2/c1-4-19-13-6-5-12(15)9-11(13)10-17(3)8-7-14(18)16-2/h5-6,9H,4,7-8,10,15H2,1-3H3,(H,16,18). The van der Waals surface area contributed by atoms with Gasteiger partial charge < -0.3 is 20.7 Å². The molecule has 0 fully saturated rings. The summed E-state index contributed by atoms with van der Waals surface area (Å²) in [4.78, 5) is 13.3. The molecule has 1 aromatic carbocycles. The molecule has 0 radical (unpaired) electrons. The zero-order chi connectivity index (χ0) is 14.3. The summed E-state index contributed by atoms with van der Waals surface area (Å²) < 4.78 is 5.58. The van der Waals surface area contributed by atoms with Crippen molar-refractivity contribution in [2.45, 2.75) is 19.9 Å². The predicted molar refractivity (Wildman–Crippen MR) is 77.0 cm³/mol. The number of carbonyl (C=O) groups is 1. The molecule has 1 aromatic rings. The van der Waals surface area contributed by atoms with E-state index in [1.54, 1.807) is 7.05 Å². The van der Waals surface area contributed by atoms with Crippen LogP contribution in [0.25, 0.3) is 0 Å². The maximum Gasteiger partial charge on any atom is 0.221 e. The van der Waals surface area contributed by atoms with Gasteiger partial charge in [0.1, 0.15) is 5.75 Å². The Labute approximate surface area is 114 Å². The molecule has 0 aromatic heterocycles. The van der Waals surface area contributed by atoms with Crippen LogP contribution in [-0.4, -0.2) is 38.1 Å². The summed E-state index contributed by atoms with van der Waals surface area (Å²) in [6, 6.07) is 5.64. The largest absolute Gasteiger partial charge is 0.494 e. The van der Waals surface area contributed by atoms with Gasteiger partial charge in [0, 0.05) is 37.8 Å². The molecule has 0 spiro atoms. The molecule has 0 atom stereocenters. The Morgan fingerprint density at radius 3 is 2.84 bits per heavy atom. The minimum Gasteiger partial charge on any atom is -0.494 e. The van der Waals surface area contributed by atoms with Crippen LogP contribution in [0.3, 0.4) is 0 Å². The number of nitrogen functional groups attached to an aromatic ring is 1. The smallest absolute Gasteiger partial charge is 0.221 e. The van der Waals surface area contributed by atoms with E-state index in [0.717, 1.165) is 17.0 Å². The summed E-state index contributed by atoms with van der Waals surface area (Å²) in [5, 5.41) is 2.61. The van der Waals surface area contributed by atoms with Crippen LogP contribution in [-0.2, 0) is 11.3 Å². The maximum absolute atomic E-state index is 11.2. The van der Waals surface area contributed by atoms with Crippen LogP contribution in [0.15, 0.2) is 18.2 Å². The molecule has 0 bridgehead atoms. The lowest BCUT2D eigenvalue weighted by Gasteiger charge is -2.18. The molecule has 0 aliphatic rings. The average Bonchev–Trinajstić information content (AvgIpc) is 2.39. The molecule has 3 N–H and O–H groups in total. The van der Waals surface area contributed by atoms with E-state index in [0.29, 0.717) is 26.1 Å². The third kappa shape index (κ3) is 5.18. The molecule has 19 heavy (non-hydrogen) atoms. The number of nitrogens with two attached hydrogens (primary N) is 1. The number of hydrogen-bond donors (Lipinski definition) is 2. The zero-order valence-corrected chi connectivity index (χ0v) is 11.9. The fourth-order valence-electron chi connectivity index (χ4n) is 1.81. The van der Waals surface area contributed by atoms with Crippen molar-refractivity contribution in [1.82, 2.24) is 10.2 Å². The number of carbonyl (C=O) groups excluding carboxylic acids is 1. The SMILES string of the molecule is CCOc1ccc(N)cc1CN(C)CCC(=O)NC. The molecular weight excluding hydrogens is 242 g/mol. The van der Waals surface area contributed by atoms with Crippen LogP contribution in [0.4, 0.5) is 5.69 Å². The van der Waals surface area contributed by atoms with E-state index in [1.807, 2.05) is 32.2 Å². The molecule has 0 unspecified atom stereocenters. The average molecular weight is 265 g/mol. The highest BCUT2D eigenvalue weighted by Crippen LogP contribution is 2.22. The Morgan fingerprint density at radius 1 is 1.47 bits per heavy atom. The summed E-state index contributed by atoms with van der Waals surface area (Å²) in [6.07, 6.45) is 0.485. The minimum absolute atomic E-state index is 0.0458. The number of hydrogen-bond acceptors (Lipinski definition) is 4. The summed E-state index contributed by atoms with van der Waals surface area (Å²) in [7, 11) is 3.62. The van der Waals surface area contributed by atoms with Crippen molar-refractivity contribution in [2.24, 2.45) is 0 Å². The predicted octanol–water partition coefficient (Wildman–Crippen LogP) is 1.24. The van der Waals surface area contributed by atoms with Crippen LogP contribution < -0.4 is 15.8 Å². The van der Waals surface area contributed by atoms with E-state index in [4.69, 9.17) is 10.5 Å². The third-order valence-corrected chi connectivity index (χ3v) is 2.82. The second-order valence-corrected chi connectivity index (χ2v) is 4.46. The topological polar surface area (TPSA) is 67.6 Å². The van der Waals surface area contributed by atoms with Gasteiger partial charge in [0.05, 0.1) is 6.61 Å². The first-order valence-electron chi connectivity index (χ1n) is 6.47. The highest BCUT2D eigenvalue weighted by Gasteiger charge is 2.08. The molecule has 0 heterocycles. The quantitative estimate of drug-likeness (QED) is 0.728. The number of nitrogens with zero attached hydrogens (tertiary/aromatic N) is 1. The first-order valence-corrected chi connectivity index (χ1v) is 6.47. The Bertz CT molecular complexity index is 421. The number of benzene rings is 1. The Morgan fingerprint density at radius 2 is 2.21 bits per heavy atom. The van der Waals surface area contributed by atoms with Gasteiger partial charge in [-0.15, -0.1) is 0 Å². The molecule has 0 saturated carbocycles. The first-order chi connectivity index (χ1) is 9.06. The first kappa shape index (κ1) is 15.3. The van der Waals surface area contributed by atoms with Crippen molar-refractivity contribution in [3.8, 4) is 5.75 Å². The van der Waals surface area contributed by atoms with Crippen molar-refractivity contribution in [3.63, 3.8) is 0 Å². The monoisotopic (exact) mass is 265 g/mol. The molecule has 5 heteroatoms. The van der Waals surface area contributed by atoms with Crippen LogP contribution >= 0.6 is 0 Å². The highest BCUT2D eigenvalue weighted by atomic mass is 16.5. The Hall–Kier alpha value is -1.75. The van der Waals surface area contributed by atoms with Crippen LogP contribution in [0, 0.1) is 0 Å². The lowest BCUT2D eigenvalue weighted by molar-refractivity contribution is -0.120.